The van der Waals surface area contributed by atoms with Gasteiger partial charge >= 0.3 is 0 Å². The summed E-state index contributed by atoms with van der Waals surface area (Å²) < 4.78 is 6.47. The fraction of sp³-hybridized carbons (Fsp3) is 0.400. The molecule has 1 atom stereocenters. The van der Waals surface area contributed by atoms with Crippen molar-refractivity contribution < 1.29 is 4.74 Å². The van der Waals surface area contributed by atoms with Gasteiger partial charge in [-0.05, 0) is 76.0 Å². The van der Waals surface area contributed by atoms with Gasteiger partial charge in [-0.25, -0.2) is 0 Å². The van der Waals surface area contributed by atoms with Gasteiger partial charge in [-0.15, -0.1) is 0 Å². The van der Waals surface area contributed by atoms with Crippen LogP contribution < -0.4 is 20.7 Å². The third-order valence-electron chi connectivity index (χ3n) is 6.33. The number of ether oxygens (including phenoxy) is 1. The average molecular weight is 439 g/mol. The second kappa shape index (κ2) is 9.75. The van der Waals surface area contributed by atoms with E-state index >= 15 is 0 Å². The van der Waals surface area contributed by atoms with Crippen molar-refractivity contribution >= 4 is 29.1 Å². The Labute approximate surface area is 189 Å². The third-order valence-corrected chi connectivity index (χ3v) is 6.56. The minimum atomic E-state index is 0.332. The van der Waals surface area contributed by atoms with Crippen LogP contribution in [0.15, 0.2) is 47.6 Å². The van der Waals surface area contributed by atoms with Crippen LogP contribution in [0.3, 0.4) is 0 Å². The molecule has 5 nitrogen and oxygen atoms in total. The zero-order valence-corrected chi connectivity index (χ0v) is 19.0. The van der Waals surface area contributed by atoms with E-state index in [1.807, 2.05) is 30.5 Å². The SMILES string of the molecule is CC1CCc2c(ccc(C(C=NC3CCNCC3)=CN)c2Oc2cccc(Cl)c2)N1C. The van der Waals surface area contributed by atoms with Crippen molar-refractivity contribution in [2.75, 3.05) is 25.0 Å². The molecule has 0 amide bonds. The van der Waals surface area contributed by atoms with Crippen molar-refractivity contribution in [2.24, 2.45) is 10.7 Å². The van der Waals surface area contributed by atoms with Crippen LogP contribution >= 0.6 is 11.6 Å². The number of fused-ring (bicyclic) bond motifs is 1. The zero-order chi connectivity index (χ0) is 21.8. The normalized spacial score (nSPS) is 20.2. The molecule has 0 spiro atoms. The van der Waals surface area contributed by atoms with Crippen LogP contribution in [0, 0.1) is 0 Å². The number of anilines is 1. The van der Waals surface area contributed by atoms with E-state index in [1.165, 1.54) is 11.3 Å². The van der Waals surface area contributed by atoms with Gasteiger partial charge in [0.2, 0.25) is 0 Å². The summed E-state index contributed by atoms with van der Waals surface area (Å²) in [5.41, 5.74) is 10.3. The lowest BCUT2D eigenvalue weighted by Crippen LogP contribution is -2.33. The molecule has 4 rings (SSSR count). The number of benzene rings is 2. The summed E-state index contributed by atoms with van der Waals surface area (Å²) >= 11 is 6.22. The van der Waals surface area contributed by atoms with Crippen LogP contribution in [-0.2, 0) is 6.42 Å². The van der Waals surface area contributed by atoms with E-state index in [2.05, 4.69) is 36.3 Å². The molecule has 0 radical (unpaired) electrons. The van der Waals surface area contributed by atoms with Gasteiger partial charge in [0, 0.05) is 52.9 Å². The Morgan fingerprint density at radius 3 is 2.77 bits per heavy atom. The van der Waals surface area contributed by atoms with E-state index in [0.717, 1.165) is 61.4 Å². The maximum atomic E-state index is 6.47. The van der Waals surface area contributed by atoms with Crippen LogP contribution in [0.4, 0.5) is 5.69 Å². The number of piperidine rings is 1. The number of aliphatic imine (C=N–C) groups is 1. The molecular formula is C25H31ClN4O. The second-order valence-corrected chi connectivity index (χ2v) is 8.82. The molecule has 164 valence electrons. The Morgan fingerprint density at radius 1 is 1.23 bits per heavy atom. The van der Waals surface area contributed by atoms with E-state index < -0.39 is 0 Å². The van der Waals surface area contributed by atoms with Crippen LogP contribution in [0.25, 0.3) is 5.57 Å². The number of nitrogens with zero attached hydrogens (tertiary/aromatic N) is 2. The Morgan fingerprint density at radius 2 is 2.03 bits per heavy atom. The molecule has 0 saturated carbocycles. The number of allylic oxidation sites excluding steroid dienone is 1. The highest BCUT2D eigenvalue weighted by molar-refractivity contribution is 6.30. The molecule has 1 fully saturated rings. The van der Waals surface area contributed by atoms with Crippen LogP contribution in [-0.4, -0.2) is 38.4 Å². The van der Waals surface area contributed by atoms with E-state index in [9.17, 15) is 0 Å². The first-order valence-electron chi connectivity index (χ1n) is 11.0. The highest BCUT2D eigenvalue weighted by Gasteiger charge is 2.26. The smallest absolute Gasteiger partial charge is 0.140 e. The van der Waals surface area contributed by atoms with E-state index in [-0.39, 0.29) is 0 Å². The number of hydrogen-bond donors (Lipinski definition) is 2. The van der Waals surface area contributed by atoms with Gasteiger partial charge in [0.15, 0.2) is 0 Å². The van der Waals surface area contributed by atoms with Gasteiger partial charge in [-0.1, -0.05) is 17.7 Å². The summed E-state index contributed by atoms with van der Waals surface area (Å²) in [7, 11) is 2.14. The lowest BCUT2D eigenvalue weighted by Gasteiger charge is -2.35. The van der Waals surface area contributed by atoms with Crippen molar-refractivity contribution in [1.29, 1.82) is 0 Å². The fourth-order valence-electron chi connectivity index (χ4n) is 4.31. The first-order chi connectivity index (χ1) is 15.1. The monoisotopic (exact) mass is 438 g/mol. The molecule has 31 heavy (non-hydrogen) atoms. The molecule has 1 unspecified atom stereocenters. The van der Waals surface area contributed by atoms with Crippen LogP contribution in [0.2, 0.25) is 5.02 Å². The first-order valence-corrected chi connectivity index (χ1v) is 11.4. The molecule has 2 aliphatic rings. The Bertz CT molecular complexity index is 981. The zero-order valence-electron chi connectivity index (χ0n) is 18.3. The molecule has 1 saturated heterocycles. The van der Waals surface area contributed by atoms with E-state index in [0.29, 0.717) is 17.1 Å². The summed E-state index contributed by atoms with van der Waals surface area (Å²) in [5.74, 6) is 1.56. The van der Waals surface area contributed by atoms with Gasteiger partial charge in [-0.2, -0.15) is 0 Å². The summed E-state index contributed by atoms with van der Waals surface area (Å²) in [5, 5.41) is 4.03. The number of nitrogens with one attached hydrogen (secondary N) is 1. The van der Waals surface area contributed by atoms with E-state index in [1.54, 1.807) is 6.20 Å². The quantitative estimate of drug-likeness (QED) is 0.643. The molecule has 2 aromatic rings. The number of halogens is 1. The maximum Gasteiger partial charge on any atom is 0.140 e. The molecule has 0 aliphatic carbocycles. The molecule has 2 aromatic carbocycles. The lowest BCUT2D eigenvalue weighted by atomic mass is 9.92. The first kappa shape index (κ1) is 21.7. The van der Waals surface area contributed by atoms with Crippen molar-refractivity contribution in [3.63, 3.8) is 0 Å². The molecule has 0 bridgehead atoms. The summed E-state index contributed by atoms with van der Waals surface area (Å²) in [4.78, 5) is 7.15. The Balaban J connectivity index is 1.74. The van der Waals surface area contributed by atoms with Gasteiger partial charge in [0.1, 0.15) is 11.5 Å². The minimum absolute atomic E-state index is 0.332. The minimum Gasteiger partial charge on any atom is -0.456 e. The van der Waals surface area contributed by atoms with E-state index in [4.69, 9.17) is 27.1 Å². The topological polar surface area (TPSA) is 62.9 Å². The summed E-state index contributed by atoms with van der Waals surface area (Å²) in [6.45, 7) is 4.28. The second-order valence-electron chi connectivity index (χ2n) is 8.38. The molecule has 0 aromatic heterocycles. The largest absolute Gasteiger partial charge is 0.456 e. The van der Waals surface area contributed by atoms with Gasteiger partial charge in [0.25, 0.3) is 0 Å². The predicted molar refractivity (Wildman–Crippen MR) is 131 cm³/mol. The van der Waals surface area contributed by atoms with Gasteiger partial charge in [-0.3, -0.25) is 4.99 Å². The maximum absolute atomic E-state index is 6.47. The highest BCUT2D eigenvalue weighted by Crippen LogP contribution is 2.42. The Hall–Kier alpha value is -2.50. The Kier molecular flexibility index (Phi) is 6.83. The third kappa shape index (κ3) is 4.89. The van der Waals surface area contributed by atoms with Crippen LogP contribution in [0.1, 0.15) is 37.3 Å². The molecule has 2 aliphatic heterocycles. The highest BCUT2D eigenvalue weighted by atomic mass is 35.5. The number of hydrogen-bond acceptors (Lipinski definition) is 5. The van der Waals surface area contributed by atoms with Gasteiger partial charge < -0.3 is 20.7 Å². The lowest BCUT2D eigenvalue weighted by molar-refractivity contribution is 0.461. The van der Waals surface area contributed by atoms with Crippen molar-refractivity contribution in [3.8, 4) is 11.5 Å². The van der Waals surface area contributed by atoms with Crippen molar-refractivity contribution in [1.82, 2.24) is 5.32 Å². The number of rotatable bonds is 5. The fourth-order valence-corrected chi connectivity index (χ4v) is 4.49. The molecule has 2 heterocycles. The summed E-state index contributed by atoms with van der Waals surface area (Å²) in [6, 6.07) is 12.6. The molecule has 6 heteroatoms. The number of nitrogens with two attached hydrogens (primary N) is 1. The standard InChI is InChI=1S/C25H31ClN4O/c1-17-6-7-23-24(30(17)2)9-8-22(25(23)31-21-5-3-4-19(26)14-21)18(15-27)16-29-20-10-12-28-13-11-20/h3-5,8-9,14-17,20,28H,6-7,10-13,27H2,1-2H3. The van der Waals surface area contributed by atoms with Crippen LogP contribution in [0.5, 0.6) is 11.5 Å². The summed E-state index contributed by atoms with van der Waals surface area (Å²) in [6.07, 6.45) is 7.67. The van der Waals surface area contributed by atoms with Gasteiger partial charge in [0.05, 0.1) is 6.04 Å². The predicted octanol–water partition coefficient (Wildman–Crippen LogP) is 5.03. The molecule has 3 N–H and O–H groups in total. The van der Waals surface area contributed by atoms with Crippen molar-refractivity contribution in [3.05, 3.63) is 58.7 Å². The average Bonchev–Trinajstić information content (AvgIpc) is 2.78. The van der Waals surface area contributed by atoms with Crippen molar-refractivity contribution in [2.45, 2.75) is 44.7 Å². The molecular weight excluding hydrogens is 408 g/mol.